The molecular formula is C100H70N8S. The van der Waals surface area contributed by atoms with Crippen LogP contribution in [0.25, 0.3) is 187 Å². The topological polar surface area (TPSA) is 103 Å². The highest BCUT2D eigenvalue weighted by Gasteiger charge is 2.22. The van der Waals surface area contributed by atoms with Gasteiger partial charge in [0.1, 0.15) is 5.01 Å². The van der Waals surface area contributed by atoms with Gasteiger partial charge in [-0.1, -0.05) is 306 Å². The van der Waals surface area contributed by atoms with Crippen LogP contribution in [-0.2, 0) is 5.41 Å². The first-order chi connectivity index (χ1) is 53.7. The van der Waals surface area contributed by atoms with Crippen LogP contribution >= 0.6 is 11.3 Å². The molecule has 0 unspecified atom stereocenters. The molecule has 109 heavy (non-hydrogen) atoms. The molecule has 0 N–H and O–H groups in total. The maximum Gasteiger partial charge on any atom is 0.164 e. The average molecular weight is 1420 g/mol. The highest BCUT2D eigenvalue weighted by molar-refractivity contribution is 7.21. The Bertz CT molecular complexity index is 6120. The van der Waals surface area contributed by atoms with E-state index < -0.39 is 0 Å². The summed E-state index contributed by atoms with van der Waals surface area (Å²) in [6, 6.07) is 117. The monoisotopic (exact) mass is 1410 g/mol. The number of hydrogen-bond donors (Lipinski definition) is 0. The first-order valence-electron chi connectivity index (χ1n) is 36.6. The minimum atomic E-state index is 0.136. The summed E-state index contributed by atoms with van der Waals surface area (Å²) >= 11 is 1.78. The minimum Gasteiger partial charge on any atom is -0.264 e. The minimum absolute atomic E-state index is 0.136. The van der Waals surface area contributed by atoms with Gasteiger partial charge in [-0.15, -0.1) is 11.3 Å². The third-order valence-electron chi connectivity index (χ3n) is 20.4. The molecule has 6 aromatic heterocycles. The van der Waals surface area contributed by atoms with Crippen molar-refractivity contribution in [3.8, 4) is 123 Å². The predicted octanol–water partition coefficient (Wildman–Crippen LogP) is 26.3. The maximum absolute atomic E-state index is 4.93. The number of rotatable bonds is 11. The van der Waals surface area contributed by atoms with Gasteiger partial charge in [0.25, 0.3) is 0 Å². The lowest BCUT2D eigenvalue weighted by molar-refractivity contribution is 0.591. The van der Waals surface area contributed by atoms with Gasteiger partial charge in [-0.3, -0.25) is 19.9 Å². The molecule has 0 atom stereocenters. The molecule has 516 valence electrons. The fourth-order valence-corrected chi connectivity index (χ4v) is 15.8. The molecule has 0 aliphatic carbocycles. The van der Waals surface area contributed by atoms with Crippen molar-refractivity contribution in [1.82, 2.24) is 39.9 Å². The smallest absolute Gasteiger partial charge is 0.164 e. The molecule has 0 fully saturated rings. The van der Waals surface area contributed by atoms with Crippen LogP contribution in [0, 0.1) is 0 Å². The van der Waals surface area contributed by atoms with Gasteiger partial charge in [0.15, 0.2) is 17.5 Å². The molecule has 0 saturated heterocycles. The first kappa shape index (κ1) is 67.0. The van der Waals surface area contributed by atoms with Crippen LogP contribution in [-0.4, -0.2) is 39.9 Å². The van der Waals surface area contributed by atoms with Crippen molar-refractivity contribution >= 4 is 75.4 Å². The van der Waals surface area contributed by atoms with Crippen LogP contribution in [0.1, 0.15) is 26.3 Å². The van der Waals surface area contributed by atoms with E-state index >= 15 is 0 Å². The van der Waals surface area contributed by atoms with E-state index in [-0.39, 0.29) is 5.41 Å². The highest BCUT2D eigenvalue weighted by Crippen LogP contribution is 2.46. The van der Waals surface area contributed by atoms with Gasteiger partial charge < -0.3 is 0 Å². The SMILES string of the molecule is CC(C)(C)c1cc2ccc3ccc(-c4nc5ccccc5s4)c4ccc(c1)c2c34.c1ccc(-c2ccc(-c3nc(-c4ccc(-c5ccccn5)cc4)nc(-c4ccc(-c5ccccn5)cc4)n3)cc2)cc1.c1cncc(-c2ccc(-c3c4ccccc4c(-c4ccc(-c5cccnc5)cc4)c4ccccc34)cc2)c1. The van der Waals surface area contributed by atoms with E-state index in [1.165, 1.54) is 109 Å². The molecule has 8 nitrogen and oxygen atoms in total. The van der Waals surface area contributed by atoms with Gasteiger partial charge >= 0.3 is 0 Å². The molecule has 0 bridgehead atoms. The number of pyridine rings is 4. The highest BCUT2D eigenvalue weighted by atomic mass is 32.1. The summed E-state index contributed by atoms with van der Waals surface area (Å²) in [6.45, 7) is 6.85. The summed E-state index contributed by atoms with van der Waals surface area (Å²) in [5.41, 5.74) is 22.3. The molecule has 0 aliphatic heterocycles. The van der Waals surface area contributed by atoms with Crippen molar-refractivity contribution in [2.24, 2.45) is 0 Å². The molecule has 0 spiro atoms. The summed E-state index contributed by atoms with van der Waals surface area (Å²) in [5, 5.41) is 14.1. The van der Waals surface area contributed by atoms with Crippen LogP contribution in [0.3, 0.4) is 0 Å². The molecular weight excluding hydrogens is 1350 g/mol. The van der Waals surface area contributed by atoms with Crippen molar-refractivity contribution in [1.29, 1.82) is 0 Å². The molecule has 9 heteroatoms. The van der Waals surface area contributed by atoms with Gasteiger partial charge in [0.2, 0.25) is 0 Å². The number of fused-ring (bicyclic) bond motifs is 3. The number of benzene rings is 14. The summed E-state index contributed by atoms with van der Waals surface area (Å²) < 4.78 is 1.24. The van der Waals surface area contributed by atoms with Crippen molar-refractivity contribution in [3.05, 3.63) is 376 Å². The normalized spacial score (nSPS) is 11.4. The Morgan fingerprint density at radius 2 is 0.651 bits per heavy atom. The van der Waals surface area contributed by atoms with E-state index in [1.54, 1.807) is 23.7 Å². The maximum atomic E-state index is 4.93. The zero-order chi connectivity index (χ0) is 73.2. The van der Waals surface area contributed by atoms with Crippen molar-refractivity contribution in [3.63, 3.8) is 0 Å². The number of thiazole rings is 1. The zero-order valence-corrected chi connectivity index (χ0v) is 61.0. The summed E-state index contributed by atoms with van der Waals surface area (Å²) in [4.78, 5) is 37.2. The molecule has 0 radical (unpaired) electrons. The zero-order valence-electron chi connectivity index (χ0n) is 60.2. The molecule has 14 aromatic carbocycles. The Labute approximate surface area is 636 Å². The van der Waals surface area contributed by atoms with Gasteiger partial charge in [0.05, 0.1) is 21.6 Å². The largest absolute Gasteiger partial charge is 0.264 e. The second-order valence-electron chi connectivity index (χ2n) is 28.2. The number of nitrogens with zero attached hydrogens (tertiary/aromatic N) is 8. The number of hydrogen-bond acceptors (Lipinski definition) is 9. The van der Waals surface area contributed by atoms with E-state index in [9.17, 15) is 0 Å². The molecule has 20 aromatic rings. The lowest BCUT2D eigenvalue weighted by Crippen LogP contribution is -2.10. The number of para-hydroxylation sites is 1. The Morgan fingerprint density at radius 1 is 0.266 bits per heavy atom. The number of aromatic nitrogens is 8. The quantitative estimate of drug-likeness (QED) is 0.0932. The Kier molecular flexibility index (Phi) is 18.0. The third-order valence-corrected chi connectivity index (χ3v) is 21.4. The fourth-order valence-electron chi connectivity index (χ4n) is 14.8. The van der Waals surface area contributed by atoms with E-state index in [0.29, 0.717) is 17.5 Å². The summed E-state index contributed by atoms with van der Waals surface area (Å²) in [5.74, 6) is 1.85. The Balaban J connectivity index is 0.000000117. The Morgan fingerprint density at radius 3 is 1.10 bits per heavy atom. The lowest BCUT2D eigenvalue weighted by Gasteiger charge is -2.21. The third kappa shape index (κ3) is 13.6. The van der Waals surface area contributed by atoms with Crippen LogP contribution < -0.4 is 0 Å². The Hall–Kier alpha value is -13.9. The molecule has 20 rings (SSSR count). The van der Waals surface area contributed by atoms with Gasteiger partial charge in [-0.2, -0.15) is 0 Å². The second kappa shape index (κ2) is 29.2. The van der Waals surface area contributed by atoms with E-state index in [2.05, 4.69) is 283 Å². The van der Waals surface area contributed by atoms with E-state index in [0.717, 1.165) is 66.4 Å². The molecule has 6 heterocycles. The van der Waals surface area contributed by atoms with E-state index in [4.69, 9.17) is 19.9 Å². The van der Waals surface area contributed by atoms with Crippen molar-refractivity contribution in [2.75, 3.05) is 0 Å². The van der Waals surface area contributed by atoms with Gasteiger partial charge in [-0.25, -0.2) is 19.9 Å². The lowest BCUT2D eigenvalue weighted by atomic mass is 9.83. The standard InChI is InChI=1S/C37H25N5.C36H24N2.C27H21NS/c1-2-8-26(9-3-1)27-12-18-30(19-13-27)35-40-36(31-20-14-28(15-21-31)33-10-4-6-24-38-33)42-37(41-35)32-22-16-29(17-23-32)34-11-5-7-25-39-34;1-2-10-32-31(9-1)35(27-17-13-25(14-18-27)29-7-5-21-37-23-29)33-11-3-4-12-34(33)36(32)28-19-15-26(16-20-28)30-8-6-22-38-24-30;1-27(2,3)19-14-17-9-8-16-10-13-21(20-12-11-18(15-19)24(17)25(16)20)26-28-22-6-4-5-7-23(22)29-26/h1-25H;1-24H;4-15H,1-3H3. The molecule has 0 aliphatic rings. The van der Waals surface area contributed by atoms with E-state index in [1.807, 2.05) is 116 Å². The van der Waals surface area contributed by atoms with Gasteiger partial charge in [0, 0.05) is 70.6 Å². The van der Waals surface area contributed by atoms with Crippen LogP contribution in [0.15, 0.2) is 371 Å². The van der Waals surface area contributed by atoms with Crippen LogP contribution in [0.4, 0.5) is 0 Å². The average Bonchev–Trinajstić information content (AvgIpc) is 1.06. The second-order valence-corrected chi connectivity index (χ2v) is 29.3. The predicted molar refractivity (Wildman–Crippen MR) is 454 cm³/mol. The molecule has 0 saturated carbocycles. The van der Waals surface area contributed by atoms with Crippen LogP contribution in [0.5, 0.6) is 0 Å². The molecule has 0 amide bonds. The fraction of sp³-hybridized carbons (Fsp3) is 0.0400. The van der Waals surface area contributed by atoms with Crippen LogP contribution in [0.2, 0.25) is 0 Å². The van der Waals surface area contributed by atoms with Gasteiger partial charge in [-0.05, 0) is 169 Å². The summed E-state index contributed by atoms with van der Waals surface area (Å²) in [7, 11) is 0. The first-order valence-corrected chi connectivity index (χ1v) is 37.5. The summed E-state index contributed by atoms with van der Waals surface area (Å²) in [6.07, 6.45) is 11.0. The van der Waals surface area contributed by atoms with Crippen molar-refractivity contribution in [2.45, 2.75) is 26.2 Å². The van der Waals surface area contributed by atoms with Crippen molar-refractivity contribution < 1.29 is 0 Å².